The number of rotatable bonds is 1. The summed E-state index contributed by atoms with van der Waals surface area (Å²) in [5.74, 6) is -1.05. The van der Waals surface area contributed by atoms with Gasteiger partial charge in [0.05, 0.1) is 6.10 Å². The van der Waals surface area contributed by atoms with Gasteiger partial charge in [-0.05, 0) is 13.3 Å². The fourth-order valence-electron chi connectivity index (χ4n) is 2.39. The Morgan fingerprint density at radius 3 is 2.72 bits per heavy atom. The molecule has 2 atom stereocenters. The van der Waals surface area contributed by atoms with Crippen molar-refractivity contribution in [1.82, 2.24) is 9.80 Å². The Morgan fingerprint density at radius 1 is 1.44 bits per heavy atom. The lowest BCUT2D eigenvalue weighted by molar-refractivity contribution is -0.141. The van der Waals surface area contributed by atoms with Crippen LogP contribution in [0.15, 0.2) is 11.6 Å². The van der Waals surface area contributed by atoms with Crippen LogP contribution < -0.4 is 0 Å². The predicted octanol–water partition coefficient (Wildman–Crippen LogP) is 0.278. The summed E-state index contributed by atoms with van der Waals surface area (Å²) in [7, 11) is 0. The first kappa shape index (κ1) is 12.9. The number of hydrogen-bond donors (Lipinski definition) is 2. The van der Waals surface area contributed by atoms with E-state index in [1.54, 1.807) is 4.90 Å². The summed E-state index contributed by atoms with van der Waals surface area (Å²) in [4.78, 5) is 26.2. The number of likely N-dealkylation sites (tertiary alicyclic amines) is 1. The quantitative estimate of drug-likeness (QED) is 0.658. The van der Waals surface area contributed by atoms with Crippen LogP contribution in [-0.2, 0) is 4.79 Å². The molecule has 100 valence electrons. The van der Waals surface area contributed by atoms with Crippen molar-refractivity contribution in [2.75, 3.05) is 19.6 Å². The molecule has 0 aliphatic carbocycles. The normalized spacial score (nSPS) is 28.2. The lowest BCUT2D eigenvalue weighted by Gasteiger charge is -2.31. The van der Waals surface area contributed by atoms with Crippen molar-refractivity contribution in [3.8, 4) is 0 Å². The van der Waals surface area contributed by atoms with E-state index in [1.165, 1.54) is 10.5 Å². The van der Waals surface area contributed by atoms with Gasteiger partial charge in [0.1, 0.15) is 6.04 Å². The number of carbonyl (C=O) groups is 2. The number of aliphatic hydroxyl groups excluding tert-OH is 1. The maximum absolute atomic E-state index is 12.2. The number of urea groups is 1. The molecule has 0 bridgehead atoms. The minimum atomic E-state index is -1.05. The Hall–Kier alpha value is -1.56. The smallest absolute Gasteiger partial charge is 0.326 e. The zero-order valence-electron chi connectivity index (χ0n) is 10.4. The molecule has 0 aromatic carbocycles. The van der Waals surface area contributed by atoms with Crippen molar-refractivity contribution in [2.45, 2.75) is 31.9 Å². The summed E-state index contributed by atoms with van der Waals surface area (Å²) in [6.45, 7) is 3.25. The summed E-state index contributed by atoms with van der Waals surface area (Å²) in [5, 5.41) is 18.6. The number of hydrogen-bond acceptors (Lipinski definition) is 3. The first-order valence-corrected chi connectivity index (χ1v) is 6.11. The molecule has 0 saturated carbocycles. The number of β-amino-alcohol motifs (C(OH)–C–C–N with tert-alkyl or cyclic N) is 1. The fourth-order valence-corrected chi connectivity index (χ4v) is 2.39. The Labute approximate surface area is 105 Å². The second-order valence-corrected chi connectivity index (χ2v) is 4.92. The molecule has 0 radical (unpaired) electrons. The highest BCUT2D eigenvalue weighted by Gasteiger charge is 2.40. The topological polar surface area (TPSA) is 81.1 Å². The van der Waals surface area contributed by atoms with Crippen LogP contribution in [0.3, 0.4) is 0 Å². The summed E-state index contributed by atoms with van der Waals surface area (Å²) >= 11 is 0. The van der Waals surface area contributed by atoms with Crippen molar-refractivity contribution < 1.29 is 19.8 Å². The van der Waals surface area contributed by atoms with Crippen molar-refractivity contribution in [3.63, 3.8) is 0 Å². The van der Waals surface area contributed by atoms with E-state index in [4.69, 9.17) is 5.11 Å². The number of carboxylic acid groups (broad SMARTS) is 1. The van der Waals surface area contributed by atoms with Gasteiger partial charge >= 0.3 is 12.0 Å². The molecule has 2 amide bonds. The molecular formula is C12H18N2O4. The van der Waals surface area contributed by atoms with Crippen LogP contribution in [-0.4, -0.2) is 63.8 Å². The number of aliphatic hydroxyl groups is 1. The van der Waals surface area contributed by atoms with Gasteiger partial charge in [-0.15, -0.1) is 0 Å². The van der Waals surface area contributed by atoms with Crippen LogP contribution in [0.2, 0.25) is 0 Å². The van der Waals surface area contributed by atoms with Crippen molar-refractivity contribution >= 4 is 12.0 Å². The first-order chi connectivity index (χ1) is 8.49. The van der Waals surface area contributed by atoms with Gasteiger partial charge in [-0.3, -0.25) is 0 Å². The van der Waals surface area contributed by atoms with Gasteiger partial charge in [-0.2, -0.15) is 0 Å². The molecule has 2 aliphatic rings. The largest absolute Gasteiger partial charge is 0.480 e. The minimum absolute atomic E-state index is 0.106. The van der Waals surface area contributed by atoms with Crippen LogP contribution in [0.1, 0.15) is 19.8 Å². The third kappa shape index (κ3) is 2.48. The molecule has 6 heteroatoms. The maximum atomic E-state index is 12.2. The molecule has 0 aromatic heterocycles. The van der Waals surface area contributed by atoms with E-state index in [0.717, 1.165) is 6.42 Å². The summed E-state index contributed by atoms with van der Waals surface area (Å²) < 4.78 is 0. The molecule has 2 N–H and O–H groups in total. The molecule has 0 aromatic rings. The molecular weight excluding hydrogens is 236 g/mol. The number of carbonyl (C=O) groups excluding carboxylic acids is 1. The third-order valence-electron chi connectivity index (χ3n) is 3.52. The van der Waals surface area contributed by atoms with Crippen LogP contribution >= 0.6 is 0 Å². The highest BCUT2D eigenvalue weighted by atomic mass is 16.4. The molecule has 1 fully saturated rings. The van der Waals surface area contributed by atoms with Gasteiger partial charge in [-0.25, -0.2) is 9.59 Å². The summed E-state index contributed by atoms with van der Waals surface area (Å²) in [6.07, 6.45) is 2.17. The van der Waals surface area contributed by atoms with Crippen LogP contribution in [0, 0.1) is 0 Å². The van der Waals surface area contributed by atoms with Crippen molar-refractivity contribution in [2.24, 2.45) is 0 Å². The third-order valence-corrected chi connectivity index (χ3v) is 3.52. The highest BCUT2D eigenvalue weighted by Crippen LogP contribution is 2.21. The van der Waals surface area contributed by atoms with E-state index in [2.05, 4.69) is 0 Å². The molecule has 6 nitrogen and oxygen atoms in total. The second-order valence-electron chi connectivity index (χ2n) is 4.92. The summed E-state index contributed by atoms with van der Waals surface area (Å²) in [5.41, 5.74) is 1.25. The number of aliphatic carboxylic acids is 1. The Bertz CT molecular complexity index is 394. The molecule has 0 unspecified atom stereocenters. The van der Waals surface area contributed by atoms with Crippen molar-refractivity contribution in [1.29, 1.82) is 0 Å². The monoisotopic (exact) mass is 254 g/mol. The molecule has 0 spiro atoms. The summed E-state index contributed by atoms with van der Waals surface area (Å²) in [6, 6.07) is -1.19. The number of carboxylic acids is 1. The Morgan fingerprint density at radius 2 is 2.17 bits per heavy atom. The average molecular weight is 254 g/mol. The fraction of sp³-hybridized carbons (Fsp3) is 0.667. The van der Waals surface area contributed by atoms with Crippen LogP contribution in [0.4, 0.5) is 4.79 Å². The maximum Gasteiger partial charge on any atom is 0.326 e. The SMILES string of the molecule is CC1=CCN(C(=O)N2C[C@H](O)C[C@@H]2C(=O)O)CC1. The molecule has 1 saturated heterocycles. The zero-order valence-corrected chi connectivity index (χ0v) is 10.4. The average Bonchev–Trinajstić information content (AvgIpc) is 2.71. The minimum Gasteiger partial charge on any atom is -0.480 e. The highest BCUT2D eigenvalue weighted by molar-refractivity contribution is 5.83. The van der Waals surface area contributed by atoms with Crippen LogP contribution in [0.5, 0.6) is 0 Å². The first-order valence-electron chi connectivity index (χ1n) is 6.11. The second kappa shape index (κ2) is 4.97. The van der Waals surface area contributed by atoms with Gasteiger partial charge in [0.2, 0.25) is 0 Å². The van der Waals surface area contributed by atoms with Gasteiger partial charge in [0, 0.05) is 26.1 Å². The van der Waals surface area contributed by atoms with Gasteiger partial charge < -0.3 is 20.0 Å². The predicted molar refractivity (Wildman–Crippen MR) is 64.1 cm³/mol. The molecule has 2 aliphatic heterocycles. The van der Waals surface area contributed by atoms with E-state index in [-0.39, 0.29) is 19.0 Å². The number of nitrogens with zero attached hydrogens (tertiary/aromatic N) is 2. The standard InChI is InChI=1S/C12H18N2O4/c1-8-2-4-13(5-3-8)12(18)14-7-9(15)6-10(14)11(16)17/h2,9-10,15H,3-7H2,1H3,(H,16,17)/t9-,10-/m1/s1. The van der Waals surface area contributed by atoms with Gasteiger partial charge in [-0.1, -0.05) is 11.6 Å². The lowest BCUT2D eigenvalue weighted by atomic mass is 10.1. The molecule has 18 heavy (non-hydrogen) atoms. The van der Waals surface area contributed by atoms with Gasteiger partial charge in [0.25, 0.3) is 0 Å². The lowest BCUT2D eigenvalue weighted by Crippen LogP contribution is -2.49. The number of amides is 2. The van der Waals surface area contributed by atoms with E-state index < -0.39 is 18.1 Å². The van der Waals surface area contributed by atoms with Crippen molar-refractivity contribution in [3.05, 3.63) is 11.6 Å². The zero-order chi connectivity index (χ0) is 13.3. The molecule has 2 rings (SSSR count). The Kier molecular flexibility index (Phi) is 3.56. The van der Waals surface area contributed by atoms with E-state index >= 15 is 0 Å². The van der Waals surface area contributed by atoms with E-state index in [9.17, 15) is 14.7 Å². The van der Waals surface area contributed by atoms with E-state index in [0.29, 0.717) is 13.1 Å². The van der Waals surface area contributed by atoms with E-state index in [1.807, 2.05) is 13.0 Å². The Balaban J connectivity index is 2.06. The van der Waals surface area contributed by atoms with Gasteiger partial charge in [0.15, 0.2) is 0 Å². The van der Waals surface area contributed by atoms with Crippen LogP contribution in [0.25, 0.3) is 0 Å². The molecule has 2 heterocycles.